The van der Waals surface area contributed by atoms with Crippen molar-refractivity contribution in [1.29, 1.82) is 0 Å². The fourth-order valence-corrected chi connectivity index (χ4v) is 9.61. The molecule has 1 saturated heterocycles. The topological polar surface area (TPSA) is 35.5 Å². The molecule has 35 heavy (non-hydrogen) atoms. The summed E-state index contributed by atoms with van der Waals surface area (Å²) in [6.07, 6.45) is 18.9. The van der Waals surface area contributed by atoms with Gasteiger partial charge in [0.25, 0.3) is 0 Å². The van der Waals surface area contributed by atoms with E-state index in [0.29, 0.717) is 28.6 Å². The van der Waals surface area contributed by atoms with Crippen LogP contribution in [0.1, 0.15) is 118 Å². The van der Waals surface area contributed by atoms with E-state index in [9.17, 15) is 4.79 Å². The second kappa shape index (κ2) is 10.2. The first-order valence-corrected chi connectivity index (χ1v) is 15.2. The van der Waals surface area contributed by atoms with Gasteiger partial charge in [-0.05, 0) is 117 Å². The molecule has 3 nitrogen and oxygen atoms in total. The van der Waals surface area contributed by atoms with Crippen LogP contribution < -0.4 is 0 Å². The van der Waals surface area contributed by atoms with Crippen LogP contribution in [0.2, 0.25) is 0 Å². The Hall–Kier alpha value is -0.670. The fourth-order valence-electron chi connectivity index (χ4n) is 9.61. The van der Waals surface area contributed by atoms with Crippen LogP contribution in [0.4, 0.5) is 0 Å². The highest BCUT2D eigenvalue weighted by Gasteiger charge is 2.59. The molecule has 0 radical (unpaired) electrons. The molecule has 0 aromatic heterocycles. The lowest BCUT2D eigenvalue weighted by atomic mass is 9.47. The maximum atomic E-state index is 12.3. The van der Waals surface area contributed by atoms with Crippen LogP contribution in [-0.4, -0.2) is 24.8 Å². The summed E-state index contributed by atoms with van der Waals surface area (Å²) < 4.78 is 12.4. The molecular formula is C32H52O3. The highest BCUT2D eigenvalue weighted by molar-refractivity contribution is 5.80. The first-order valence-electron chi connectivity index (χ1n) is 15.2. The number of fused-ring (bicyclic) bond motifs is 5. The summed E-state index contributed by atoms with van der Waals surface area (Å²) in [5.74, 6) is 4.68. The third kappa shape index (κ3) is 4.83. The Labute approximate surface area is 215 Å². The van der Waals surface area contributed by atoms with Crippen LogP contribution in [0.3, 0.4) is 0 Å². The molecule has 0 amide bonds. The van der Waals surface area contributed by atoms with Crippen molar-refractivity contribution in [2.45, 2.75) is 130 Å². The Balaban J connectivity index is 1.25. The van der Waals surface area contributed by atoms with Crippen molar-refractivity contribution in [1.82, 2.24) is 0 Å². The van der Waals surface area contributed by atoms with Gasteiger partial charge in [0.15, 0.2) is 6.29 Å². The van der Waals surface area contributed by atoms with E-state index in [2.05, 4.69) is 40.7 Å². The van der Waals surface area contributed by atoms with Gasteiger partial charge in [-0.25, -0.2) is 0 Å². The van der Waals surface area contributed by atoms with E-state index in [4.69, 9.17) is 9.47 Å². The smallest absolute Gasteiger partial charge is 0.157 e. The van der Waals surface area contributed by atoms with Gasteiger partial charge < -0.3 is 9.47 Å². The summed E-state index contributed by atoms with van der Waals surface area (Å²) in [5, 5.41) is 0. The minimum Gasteiger partial charge on any atom is -0.353 e. The molecule has 3 heteroatoms. The van der Waals surface area contributed by atoms with Crippen molar-refractivity contribution >= 4 is 5.78 Å². The number of ketones is 1. The predicted molar refractivity (Wildman–Crippen MR) is 142 cm³/mol. The second-order valence-corrected chi connectivity index (χ2v) is 13.9. The number of rotatable bonds is 7. The SMILES string of the molecule is CC(C)C(=O)CC[C@@H](C)[C@H]1CC[C@H]2[C@@H]3CC=C4C[C@@H](OC5CCCCO5)CC[C@]4(C)[C@H]3CC[C@]12C. The van der Waals surface area contributed by atoms with Gasteiger partial charge in [-0.3, -0.25) is 4.79 Å². The summed E-state index contributed by atoms with van der Waals surface area (Å²) in [6, 6.07) is 0. The number of Topliss-reactive ketones (excluding diaryl/α,β-unsaturated/α-hetero) is 1. The highest BCUT2D eigenvalue weighted by Crippen LogP contribution is 2.67. The molecule has 1 heterocycles. The molecule has 5 aliphatic rings. The second-order valence-electron chi connectivity index (χ2n) is 13.9. The summed E-state index contributed by atoms with van der Waals surface area (Å²) in [6.45, 7) is 12.7. The number of hydrogen-bond acceptors (Lipinski definition) is 3. The van der Waals surface area contributed by atoms with Crippen molar-refractivity contribution in [3.63, 3.8) is 0 Å². The van der Waals surface area contributed by atoms with E-state index < -0.39 is 0 Å². The van der Waals surface area contributed by atoms with Crippen LogP contribution >= 0.6 is 0 Å². The van der Waals surface area contributed by atoms with Gasteiger partial charge >= 0.3 is 0 Å². The van der Waals surface area contributed by atoms with E-state index in [1.165, 1.54) is 57.8 Å². The average molecular weight is 485 g/mol. The number of allylic oxidation sites excluding steroid dienone is 1. The maximum Gasteiger partial charge on any atom is 0.157 e. The zero-order chi connectivity index (χ0) is 24.8. The van der Waals surface area contributed by atoms with Gasteiger partial charge in [0.2, 0.25) is 0 Å². The number of hydrogen-bond donors (Lipinski definition) is 0. The van der Waals surface area contributed by atoms with Gasteiger partial charge in [-0.2, -0.15) is 0 Å². The normalized spacial score (nSPS) is 44.2. The molecule has 5 rings (SSSR count). The molecule has 4 fully saturated rings. The van der Waals surface area contributed by atoms with Gasteiger partial charge in [-0.1, -0.05) is 46.3 Å². The first-order chi connectivity index (χ1) is 16.7. The van der Waals surface area contributed by atoms with Gasteiger partial charge in [0, 0.05) is 18.9 Å². The lowest BCUT2D eigenvalue weighted by Crippen LogP contribution is -2.51. The molecule has 0 spiro atoms. The van der Waals surface area contributed by atoms with E-state index in [1.807, 2.05) is 0 Å². The molecule has 0 N–H and O–H groups in total. The Morgan fingerprint density at radius 2 is 1.89 bits per heavy atom. The minimum absolute atomic E-state index is 0.0404. The fraction of sp³-hybridized carbons (Fsp3) is 0.906. The van der Waals surface area contributed by atoms with Crippen molar-refractivity contribution in [3.05, 3.63) is 11.6 Å². The van der Waals surface area contributed by atoms with Crippen molar-refractivity contribution in [3.8, 4) is 0 Å². The van der Waals surface area contributed by atoms with Gasteiger partial charge in [-0.15, -0.1) is 0 Å². The summed E-state index contributed by atoms with van der Waals surface area (Å²) in [4.78, 5) is 12.3. The molecule has 0 aromatic rings. The largest absolute Gasteiger partial charge is 0.353 e. The van der Waals surface area contributed by atoms with Crippen LogP contribution in [0.15, 0.2) is 11.6 Å². The van der Waals surface area contributed by atoms with Crippen molar-refractivity contribution in [2.24, 2.45) is 46.3 Å². The highest BCUT2D eigenvalue weighted by atomic mass is 16.7. The zero-order valence-electron chi connectivity index (χ0n) is 23.3. The van der Waals surface area contributed by atoms with E-state index in [-0.39, 0.29) is 12.2 Å². The Kier molecular flexibility index (Phi) is 7.59. The molecule has 0 aromatic carbocycles. The van der Waals surface area contributed by atoms with Crippen LogP contribution in [-0.2, 0) is 14.3 Å². The maximum absolute atomic E-state index is 12.3. The van der Waals surface area contributed by atoms with Crippen LogP contribution in [0.5, 0.6) is 0 Å². The van der Waals surface area contributed by atoms with Crippen LogP contribution in [0, 0.1) is 46.3 Å². The molecule has 0 bridgehead atoms. The monoisotopic (exact) mass is 484 g/mol. The Morgan fingerprint density at radius 3 is 2.63 bits per heavy atom. The summed E-state index contributed by atoms with van der Waals surface area (Å²) in [5.41, 5.74) is 2.57. The third-order valence-corrected chi connectivity index (χ3v) is 11.8. The zero-order valence-corrected chi connectivity index (χ0v) is 23.3. The quantitative estimate of drug-likeness (QED) is 0.342. The molecule has 1 unspecified atom stereocenters. The predicted octanol–water partition coefficient (Wildman–Crippen LogP) is 8.12. The third-order valence-electron chi connectivity index (χ3n) is 11.8. The van der Waals surface area contributed by atoms with E-state index in [0.717, 1.165) is 56.0 Å². The average Bonchev–Trinajstić information content (AvgIpc) is 3.20. The number of carbonyl (C=O) groups excluding carboxylic acids is 1. The molecule has 1 aliphatic heterocycles. The standard InChI is InChI=1S/C32H52O3/c1-21(2)29(33)14-9-22(3)26-12-13-27-25-11-10-23-20-24(35-30-8-6-7-19-34-30)15-17-31(23,4)28(25)16-18-32(26,27)5/h10,21-22,24-28,30H,6-9,11-20H2,1-5H3/t22-,24+,25+,26-,27+,28+,30?,31+,32-/m1/s1. The van der Waals surface area contributed by atoms with Crippen molar-refractivity contribution < 1.29 is 14.3 Å². The lowest BCUT2D eigenvalue weighted by Gasteiger charge is -2.58. The Bertz CT molecular complexity index is 795. The lowest BCUT2D eigenvalue weighted by molar-refractivity contribution is -0.195. The molecular weight excluding hydrogens is 432 g/mol. The first kappa shape index (κ1) is 26.0. The minimum atomic E-state index is 0.0404. The summed E-state index contributed by atoms with van der Waals surface area (Å²) in [7, 11) is 0. The van der Waals surface area contributed by atoms with E-state index in [1.54, 1.807) is 5.57 Å². The molecule has 3 saturated carbocycles. The summed E-state index contributed by atoms with van der Waals surface area (Å²) >= 11 is 0. The molecule has 4 aliphatic carbocycles. The number of carbonyl (C=O) groups is 1. The van der Waals surface area contributed by atoms with Gasteiger partial charge in [0.05, 0.1) is 6.10 Å². The van der Waals surface area contributed by atoms with Crippen molar-refractivity contribution in [2.75, 3.05) is 6.61 Å². The van der Waals surface area contributed by atoms with Crippen LogP contribution in [0.25, 0.3) is 0 Å². The molecule has 9 atom stereocenters. The number of ether oxygens (including phenoxy) is 2. The van der Waals surface area contributed by atoms with E-state index >= 15 is 0 Å². The molecule has 198 valence electrons. The Morgan fingerprint density at radius 1 is 1.06 bits per heavy atom. The van der Waals surface area contributed by atoms with Gasteiger partial charge in [0.1, 0.15) is 5.78 Å².